The number of aromatic nitrogens is 3. The number of hydrogen-bond donors (Lipinski definition) is 1. The first-order valence-corrected chi connectivity index (χ1v) is 7.49. The summed E-state index contributed by atoms with van der Waals surface area (Å²) < 4.78 is 15.0. The Hall–Kier alpha value is -1.75. The smallest absolute Gasteiger partial charge is 0.141 e. The zero-order valence-corrected chi connectivity index (χ0v) is 12.9. The van der Waals surface area contributed by atoms with E-state index in [0.29, 0.717) is 12.1 Å². The molecule has 0 saturated heterocycles. The maximum atomic E-state index is 13.1. The van der Waals surface area contributed by atoms with Crippen LogP contribution < -0.4 is 5.73 Å². The summed E-state index contributed by atoms with van der Waals surface area (Å²) in [5.74, 6) is -0.343. The van der Waals surface area contributed by atoms with Crippen LogP contribution in [0.15, 0.2) is 24.4 Å². The Kier molecular flexibility index (Phi) is 4.73. The van der Waals surface area contributed by atoms with E-state index in [0.717, 1.165) is 30.8 Å². The Labute approximate surface area is 125 Å². The first kappa shape index (κ1) is 15.6. The van der Waals surface area contributed by atoms with Crippen molar-refractivity contribution in [3.8, 4) is 0 Å². The maximum Gasteiger partial charge on any atom is 0.141 e. The molecule has 0 radical (unpaired) electrons. The van der Waals surface area contributed by atoms with Crippen molar-refractivity contribution in [2.75, 3.05) is 0 Å². The molecule has 0 amide bonds. The van der Waals surface area contributed by atoms with E-state index in [1.54, 1.807) is 6.07 Å². The van der Waals surface area contributed by atoms with E-state index < -0.39 is 5.54 Å². The first-order chi connectivity index (χ1) is 10.0. The SMILES string of the molecule is CCc1cc(CC(N)(CC)c2ccc(F)cn2)n(CC)n1. The zero-order chi connectivity index (χ0) is 15.5. The molecule has 0 aromatic carbocycles. The number of hydrogen-bond acceptors (Lipinski definition) is 3. The van der Waals surface area contributed by atoms with Gasteiger partial charge in [0.25, 0.3) is 0 Å². The second-order valence-corrected chi connectivity index (χ2v) is 5.34. The molecule has 0 spiro atoms. The first-order valence-electron chi connectivity index (χ1n) is 7.49. The van der Waals surface area contributed by atoms with Crippen molar-refractivity contribution in [3.05, 3.63) is 47.3 Å². The number of pyridine rings is 1. The van der Waals surface area contributed by atoms with Gasteiger partial charge in [-0.15, -0.1) is 0 Å². The molecule has 2 N–H and O–H groups in total. The van der Waals surface area contributed by atoms with Crippen LogP contribution in [-0.4, -0.2) is 14.8 Å². The number of nitrogens with two attached hydrogens (primary N) is 1. The molecule has 4 nitrogen and oxygen atoms in total. The molecule has 0 bridgehead atoms. The summed E-state index contributed by atoms with van der Waals surface area (Å²) in [4.78, 5) is 4.17. The van der Waals surface area contributed by atoms with E-state index in [-0.39, 0.29) is 5.82 Å². The van der Waals surface area contributed by atoms with Crippen LogP contribution in [0.1, 0.15) is 44.3 Å². The van der Waals surface area contributed by atoms with E-state index in [1.165, 1.54) is 12.3 Å². The van der Waals surface area contributed by atoms with Gasteiger partial charge in [0.1, 0.15) is 5.82 Å². The Bertz CT molecular complexity index is 591. The molecule has 2 rings (SSSR count). The summed E-state index contributed by atoms with van der Waals surface area (Å²) in [6.07, 6.45) is 3.49. The third-order valence-electron chi connectivity index (χ3n) is 3.94. The number of halogens is 1. The second kappa shape index (κ2) is 6.35. The molecule has 0 saturated carbocycles. The topological polar surface area (TPSA) is 56.7 Å². The molecule has 0 fully saturated rings. The summed E-state index contributed by atoms with van der Waals surface area (Å²) >= 11 is 0. The molecule has 1 unspecified atom stereocenters. The van der Waals surface area contributed by atoms with Crippen molar-refractivity contribution in [2.45, 2.75) is 52.1 Å². The predicted octanol–water partition coefficient (Wildman–Crippen LogP) is 2.81. The average Bonchev–Trinajstić information content (AvgIpc) is 2.89. The van der Waals surface area contributed by atoms with Gasteiger partial charge in [-0.2, -0.15) is 5.10 Å². The highest BCUT2D eigenvalue weighted by atomic mass is 19.1. The molecular weight excluding hydrogens is 267 g/mol. The summed E-state index contributed by atoms with van der Waals surface area (Å²) in [5.41, 5.74) is 8.83. The van der Waals surface area contributed by atoms with Gasteiger partial charge in [0.15, 0.2) is 0 Å². The maximum absolute atomic E-state index is 13.1. The molecule has 0 aliphatic rings. The van der Waals surface area contributed by atoms with Crippen LogP contribution in [0, 0.1) is 5.82 Å². The van der Waals surface area contributed by atoms with E-state index in [2.05, 4.69) is 30.0 Å². The fourth-order valence-electron chi connectivity index (χ4n) is 2.49. The summed E-state index contributed by atoms with van der Waals surface area (Å²) in [7, 11) is 0. The molecule has 1 atom stereocenters. The number of nitrogens with zero attached hydrogens (tertiary/aromatic N) is 3. The quantitative estimate of drug-likeness (QED) is 0.890. The van der Waals surface area contributed by atoms with Gasteiger partial charge in [-0.3, -0.25) is 9.67 Å². The molecular formula is C16H23FN4. The lowest BCUT2D eigenvalue weighted by atomic mass is 9.87. The van der Waals surface area contributed by atoms with Crippen LogP contribution >= 0.6 is 0 Å². The van der Waals surface area contributed by atoms with Gasteiger partial charge >= 0.3 is 0 Å². The Morgan fingerprint density at radius 2 is 2.05 bits per heavy atom. The van der Waals surface area contributed by atoms with E-state index in [4.69, 9.17) is 5.73 Å². The third kappa shape index (κ3) is 3.29. The standard InChI is InChI=1S/C16H23FN4/c1-4-13-9-14(21(6-3)20-13)10-16(18,5-2)15-8-7-12(17)11-19-15/h7-9,11H,4-6,10,18H2,1-3H3. The largest absolute Gasteiger partial charge is 0.320 e. The molecule has 0 aliphatic carbocycles. The monoisotopic (exact) mass is 290 g/mol. The molecule has 5 heteroatoms. The van der Waals surface area contributed by atoms with Crippen LogP contribution in [0.5, 0.6) is 0 Å². The van der Waals surface area contributed by atoms with E-state index in [9.17, 15) is 4.39 Å². The summed E-state index contributed by atoms with van der Waals surface area (Å²) in [6.45, 7) is 6.99. The van der Waals surface area contributed by atoms with Crippen molar-refractivity contribution >= 4 is 0 Å². The molecule has 2 aromatic rings. The van der Waals surface area contributed by atoms with Crippen molar-refractivity contribution in [1.29, 1.82) is 0 Å². The van der Waals surface area contributed by atoms with Gasteiger partial charge in [0.05, 0.1) is 23.1 Å². The lowest BCUT2D eigenvalue weighted by molar-refractivity contribution is 0.395. The van der Waals surface area contributed by atoms with Gasteiger partial charge in [-0.25, -0.2) is 4.39 Å². The fourth-order valence-corrected chi connectivity index (χ4v) is 2.49. The second-order valence-electron chi connectivity index (χ2n) is 5.34. The van der Waals surface area contributed by atoms with Gasteiger partial charge in [-0.1, -0.05) is 13.8 Å². The van der Waals surface area contributed by atoms with Crippen molar-refractivity contribution in [3.63, 3.8) is 0 Å². The average molecular weight is 290 g/mol. The van der Waals surface area contributed by atoms with Crippen molar-refractivity contribution in [1.82, 2.24) is 14.8 Å². The molecule has 2 aromatic heterocycles. The van der Waals surface area contributed by atoms with Crippen molar-refractivity contribution in [2.24, 2.45) is 5.73 Å². The number of aryl methyl sites for hydroxylation is 2. The summed E-state index contributed by atoms with van der Waals surface area (Å²) in [6, 6.07) is 5.19. The van der Waals surface area contributed by atoms with Crippen LogP contribution in [0.25, 0.3) is 0 Å². The Morgan fingerprint density at radius 1 is 1.29 bits per heavy atom. The molecule has 114 valence electrons. The normalized spacial score (nSPS) is 14.1. The minimum Gasteiger partial charge on any atom is -0.320 e. The van der Waals surface area contributed by atoms with Crippen LogP contribution in [-0.2, 0) is 24.9 Å². The molecule has 0 aliphatic heterocycles. The highest BCUT2D eigenvalue weighted by molar-refractivity contribution is 5.21. The zero-order valence-electron chi connectivity index (χ0n) is 12.9. The molecule has 2 heterocycles. The van der Waals surface area contributed by atoms with Gasteiger partial charge in [0.2, 0.25) is 0 Å². The van der Waals surface area contributed by atoms with Crippen molar-refractivity contribution < 1.29 is 4.39 Å². The highest BCUT2D eigenvalue weighted by Gasteiger charge is 2.29. The molecule has 21 heavy (non-hydrogen) atoms. The van der Waals surface area contributed by atoms with Gasteiger partial charge in [0, 0.05) is 18.7 Å². The van der Waals surface area contributed by atoms with Gasteiger partial charge in [-0.05, 0) is 38.0 Å². The third-order valence-corrected chi connectivity index (χ3v) is 3.94. The van der Waals surface area contributed by atoms with Crippen LogP contribution in [0.3, 0.4) is 0 Å². The minimum atomic E-state index is -0.605. The summed E-state index contributed by atoms with van der Waals surface area (Å²) in [5, 5.41) is 4.55. The highest BCUT2D eigenvalue weighted by Crippen LogP contribution is 2.25. The number of rotatable bonds is 6. The predicted molar refractivity (Wildman–Crippen MR) is 81.3 cm³/mol. The van der Waals surface area contributed by atoms with E-state index >= 15 is 0 Å². The van der Waals surface area contributed by atoms with Crippen LogP contribution in [0.2, 0.25) is 0 Å². The van der Waals surface area contributed by atoms with E-state index in [1.807, 2.05) is 11.6 Å². The lowest BCUT2D eigenvalue weighted by Crippen LogP contribution is -2.40. The fraction of sp³-hybridized carbons (Fsp3) is 0.500. The van der Waals surface area contributed by atoms with Gasteiger partial charge < -0.3 is 5.73 Å². The lowest BCUT2D eigenvalue weighted by Gasteiger charge is -2.27. The Balaban J connectivity index is 2.33. The minimum absolute atomic E-state index is 0.343. The Morgan fingerprint density at radius 3 is 2.57 bits per heavy atom. The van der Waals surface area contributed by atoms with Crippen LogP contribution in [0.4, 0.5) is 4.39 Å².